The summed E-state index contributed by atoms with van der Waals surface area (Å²) in [6, 6.07) is -1.58. The molecule has 1 fully saturated rings. The van der Waals surface area contributed by atoms with Crippen LogP contribution in [0, 0.1) is 0 Å². The lowest BCUT2D eigenvalue weighted by molar-refractivity contribution is -0.150. The monoisotopic (exact) mass is 494 g/mol. The van der Waals surface area contributed by atoms with Gasteiger partial charge in [-0.15, -0.1) is 16.9 Å². The number of nitrogens with one attached hydrogen (secondary N) is 2. The highest BCUT2D eigenvalue weighted by atomic mass is 32.2. The van der Waals surface area contributed by atoms with E-state index in [4.69, 9.17) is 10.2 Å². The number of rotatable bonds is 8. The number of furan rings is 1. The minimum absolute atomic E-state index is 0.112. The number of fused-ring (bicyclic) bond motifs is 1. The molecule has 0 radical (unpaired) electrons. The van der Waals surface area contributed by atoms with Crippen molar-refractivity contribution in [3.63, 3.8) is 0 Å². The summed E-state index contributed by atoms with van der Waals surface area (Å²) in [5, 5.41) is 25.7. The van der Waals surface area contributed by atoms with Gasteiger partial charge in [0.25, 0.3) is 5.91 Å². The van der Waals surface area contributed by atoms with Gasteiger partial charge in [0.1, 0.15) is 23.2 Å². The first-order chi connectivity index (χ1) is 15.8. The number of tetrazole rings is 1. The molecule has 2 aromatic rings. The molecule has 5 N–H and O–H groups in total. The summed E-state index contributed by atoms with van der Waals surface area (Å²) >= 11 is 2.58. The van der Waals surface area contributed by atoms with Gasteiger partial charge in [-0.1, -0.05) is 11.8 Å². The van der Waals surface area contributed by atoms with Gasteiger partial charge >= 0.3 is 12.0 Å². The highest BCUT2D eigenvalue weighted by Gasteiger charge is 2.54. The topological polar surface area (TPSA) is 199 Å². The number of primary amides is 1. The number of carbonyl (C=O) groups excluding carboxylic acids is 3. The molecule has 1 saturated heterocycles. The van der Waals surface area contributed by atoms with Crippen molar-refractivity contribution in [3.8, 4) is 0 Å². The van der Waals surface area contributed by atoms with Crippen molar-refractivity contribution >= 4 is 47.3 Å². The van der Waals surface area contributed by atoms with Crippen molar-refractivity contribution in [2.24, 2.45) is 12.8 Å². The number of thioether (sulfide) groups is 2. The van der Waals surface area contributed by atoms with Crippen LogP contribution in [-0.4, -0.2) is 76.9 Å². The average molecular weight is 495 g/mol. The molecule has 0 bridgehead atoms. The molecule has 0 spiro atoms. The number of carboxylic acids is 1. The van der Waals surface area contributed by atoms with Crippen LogP contribution in [0.1, 0.15) is 11.6 Å². The molecule has 16 heteroatoms. The molecule has 0 saturated carbocycles. The summed E-state index contributed by atoms with van der Waals surface area (Å²) in [6.45, 7) is 0. The highest BCUT2D eigenvalue weighted by Crippen LogP contribution is 2.41. The normalized spacial score (nSPS) is 20.6. The van der Waals surface area contributed by atoms with Crippen LogP contribution in [0.2, 0.25) is 0 Å². The zero-order valence-corrected chi connectivity index (χ0v) is 18.6. The predicted molar refractivity (Wildman–Crippen MR) is 113 cm³/mol. The van der Waals surface area contributed by atoms with Crippen LogP contribution in [0.15, 0.2) is 39.4 Å². The first-order valence-corrected chi connectivity index (χ1v) is 11.4. The lowest BCUT2D eigenvalue weighted by atomic mass is 10.0. The van der Waals surface area contributed by atoms with Crippen molar-refractivity contribution in [3.05, 3.63) is 35.4 Å². The number of nitrogens with zero attached hydrogens (tertiary/aromatic N) is 5. The Morgan fingerprint density at radius 1 is 1.45 bits per heavy atom. The Labute approximate surface area is 194 Å². The third kappa shape index (κ3) is 4.38. The summed E-state index contributed by atoms with van der Waals surface area (Å²) in [7, 11) is 1.66. The maximum Gasteiger partial charge on any atom is 0.352 e. The number of aryl methyl sites for hydroxylation is 1. The molecule has 2 unspecified atom stereocenters. The molecule has 4 heterocycles. The Morgan fingerprint density at radius 2 is 2.24 bits per heavy atom. The second-order valence-electron chi connectivity index (χ2n) is 7.03. The number of carbonyl (C=O) groups is 4. The number of urea groups is 1. The maximum absolute atomic E-state index is 12.8. The van der Waals surface area contributed by atoms with Crippen LogP contribution < -0.4 is 16.4 Å². The predicted octanol–water partition coefficient (Wildman–Crippen LogP) is -0.957. The van der Waals surface area contributed by atoms with Gasteiger partial charge < -0.3 is 25.9 Å². The van der Waals surface area contributed by atoms with E-state index < -0.39 is 41.3 Å². The van der Waals surface area contributed by atoms with Gasteiger partial charge in [-0.3, -0.25) is 14.5 Å². The Kier molecular flexibility index (Phi) is 6.28. The molecule has 2 aromatic heterocycles. The third-order valence-electron chi connectivity index (χ3n) is 4.93. The molecule has 0 aromatic carbocycles. The van der Waals surface area contributed by atoms with Gasteiger partial charge in [-0.05, 0) is 22.1 Å². The molecule has 14 nitrogen and oxygen atoms in total. The van der Waals surface area contributed by atoms with Crippen LogP contribution in [0.25, 0.3) is 0 Å². The van der Waals surface area contributed by atoms with E-state index in [1.807, 2.05) is 0 Å². The van der Waals surface area contributed by atoms with E-state index >= 15 is 0 Å². The highest BCUT2D eigenvalue weighted by molar-refractivity contribution is 8.01. The van der Waals surface area contributed by atoms with Gasteiger partial charge in [0.2, 0.25) is 11.1 Å². The number of aliphatic carboxylic acids is 1. The first kappa shape index (κ1) is 22.7. The fourth-order valence-corrected chi connectivity index (χ4v) is 5.74. The van der Waals surface area contributed by atoms with Crippen LogP contribution >= 0.6 is 23.5 Å². The molecule has 174 valence electrons. The summed E-state index contributed by atoms with van der Waals surface area (Å²) in [5.41, 5.74) is 5.93. The molecule has 0 aliphatic carbocycles. The van der Waals surface area contributed by atoms with E-state index in [9.17, 15) is 24.3 Å². The fraction of sp³-hybridized carbons (Fsp3) is 0.353. The second-order valence-corrected chi connectivity index (χ2v) is 9.07. The molecule has 33 heavy (non-hydrogen) atoms. The number of hydrogen-bond acceptors (Lipinski definition) is 10. The summed E-state index contributed by atoms with van der Waals surface area (Å²) in [6.07, 6.45) is 2.60. The number of carboxylic acid groups (broad SMARTS) is 1. The Balaban J connectivity index is 1.48. The van der Waals surface area contributed by atoms with E-state index in [1.54, 1.807) is 7.05 Å². The van der Waals surface area contributed by atoms with Crippen molar-refractivity contribution in [1.82, 2.24) is 35.7 Å². The summed E-state index contributed by atoms with van der Waals surface area (Å²) < 4.78 is 6.41. The molecule has 3 atom stereocenters. The molecule has 4 amide bonds. The number of hydrogen-bond donors (Lipinski definition) is 4. The van der Waals surface area contributed by atoms with Crippen molar-refractivity contribution < 1.29 is 28.7 Å². The molecule has 2 aliphatic heterocycles. The standard InChI is InChI=1S/C17H18N8O6S2/c1-24-17(21-22-23-24)33-6-8-5-32-14-10(13(27)25(14)11(8)15(28)29)19-12(26)9(20-16(18)30)7-2-3-31-4-7/h2-4,9-10,14H,5-6H2,1H3,(H,19,26)(H,28,29)(H3,18,20,30)/t9?,10-,14?/m0/s1. The minimum Gasteiger partial charge on any atom is -0.477 e. The molecule has 2 aliphatic rings. The Hall–Kier alpha value is -3.53. The second kappa shape index (κ2) is 9.14. The first-order valence-electron chi connectivity index (χ1n) is 9.41. The van der Waals surface area contributed by atoms with E-state index in [2.05, 4.69) is 26.2 Å². The van der Waals surface area contributed by atoms with Crippen LogP contribution in [0.3, 0.4) is 0 Å². The summed E-state index contributed by atoms with van der Waals surface area (Å²) in [5.74, 6) is -1.86. The van der Waals surface area contributed by atoms with E-state index in [1.165, 1.54) is 51.7 Å². The zero-order chi connectivity index (χ0) is 23.7. The van der Waals surface area contributed by atoms with Gasteiger partial charge in [-0.2, -0.15) is 0 Å². The van der Waals surface area contributed by atoms with Gasteiger partial charge in [0.15, 0.2) is 0 Å². The minimum atomic E-state index is -1.24. The fourth-order valence-electron chi connectivity index (χ4n) is 3.41. The molecular formula is C17H18N8O6S2. The van der Waals surface area contributed by atoms with Gasteiger partial charge in [0.05, 0.1) is 12.5 Å². The summed E-state index contributed by atoms with van der Waals surface area (Å²) in [4.78, 5) is 50.1. The molecular weight excluding hydrogens is 476 g/mol. The van der Waals surface area contributed by atoms with E-state index in [-0.39, 0.29) is 11.4 Å². The number of amides is 4. The Bertz CT molecular complexity index is 1130. The zero-order valence-electron chi connectivity index (χ0n) is 17.0. The molecule has 4 rings (SSSR count). The third-order valence-corrected chi connectivity index (χ3v) is 7.37. The van der Waals surface area contributed by atoms with E-state index in [0.717, 1.165) is 0 Å². The van der Waals surface area contributed by atoms with Crippen LogP contribution in [-0.2, 0) is 21.4 Å². The average Bonchev–Trinajstić information content (AvgIpc) is 3.45. The van der Waals surface area contributed by atoms with Crippen LogP contribution in [0.4, 0.5) is 4.79 Å². The van der Waals surface area contributed by atoms with Crippen molar-refractivity contribution in [1.29, 1.82) is 0 Å². The number of nitrogens with two attached hydrogens (primary N) is 1. The Morgan fingerprint density at radius 3 is 2.85 bits per heavy atom. The van der Waals surface area contributed by atoms with Gasteiger partial charge in [0, 0.05) is 24.1 Å². The van der Waals surface area contributed by atoms with Gasteiger partial charge in [-0.25, -0.2) is 14.3 Å². The maximum atomic E-state index is 12.8. The van der Waals surface area contributed by atoms with Crippen molar-refractivity contribution in [2.45, 2.75) is 22.6 Å². The lowest BCUT2D eigenvalue weighted by Gasteiger charge is -2.49. The number of β-lactam (4-membered cyclic amide) rings is 1. The quantitative estimate of drug-likeness (QED) is 0.260. The smallest absolute Gasteiger partial charge is 0.352 e. The van der Waals surface area contributed by atoms with E-state index in [0.29, 0.717) is 22.0 Å². The number of aromatic nitrogens is 4. The van der Waals surface area contributed by atoms with Crippen molar-refractivity contribution in [2.75, 3.05) is 11.5 Å². The largest absolute Gasteiger partial charge is 0.477 e. The SMILES string of the molecule is Cn1nnnc1SCC1=C(C(=O)O)N2C(=O)[C@H](NC(=O)C(NC(N)=O)c3ccoc3)C2SC1. The lowest BCUT2D eigenvalue weighted by Crippen LogP contribution is -2.71. The van der Waals surface area contributed by atoms with Crippen LogP contribution in [0.5, 0.6) is 0 Å².